The second-order valence-electron chi connectivity index (χ2n) is 13.3. The van der Waals surface area contributed by atoms with Gasteiger partial charge in [0, 0.05) is 12.1 Å². The lowest BCUT2D eigenvalue weighted by Crippen LogP contribution is -2.61. The summed E-state index contributed by atoms with van der Waals surface area (Å²) in [5, 5.41) is 8.51. The van der Waals surface area contributed by atoms with Crippen LogP contribution in [0.5, 0.6) is 0 Å². The molecule has 3 saturated carbocycles. The Morgan fingerprint density at radius 1 is 1.03 bits per heavy atom. The fourth-order valence-electron chi connectivity index (χ4n) is 5.85. The van der Waals surface area contributed by atoms with E-state index in [9.17, 15) is 24.0 Å². The van der Waals surface area contributed by atoms with Crippen molar-refractivity contribution in [2.45, 2.75) is 97.3 Å². The van der Waals surface area contributed by atoms with Gasteiger partial charge in [0.05, 0.1) is 6.04 Å². The molecule has 4 fully saturated rings. The second-order valence-corrected chi connectivity index (χ2v) is 13.3. The number of piperidine rings is 1. The Labute approximate surface area is 212 Å². The first kappa shape index (κ1) is 26.4. The van der Waals surface area contributed by atoms with Crippen molar-refractivity contribution < 1.29 is 24.0 Å². The van der Waals surface area contributed by atoms with E-state index in [1.54, 1.807) is 4.90 Å². The average molecular weight is 504 g/mol. The quantitative estimate of drug-likeness (QED) is 0.347. The van der Waals surface area contributed by atoms with E-state index in [0.717, 1.165) is 25.7 Å². The van der Waals surface area contributed by atoms with Gasteiger partial charge in [-0.3, -0.25) is 19.2 Å². The Hall–Kier alpha value is -2.65. The highest BCUT2D eigenvalue weighted by Gasteiger charge is 2.70. The number of primary amides is 1. The van der Waals surface area contributed by atoms with E-state index in [1.165, 1.54) is 0 Å². The third-order valence-electron chi connectivity index (χ3n) is 8.65. The van der Waals surface area contributed by atoms with Crippen LogP contribution in [0.2, 0.25) is 0 Å². The maximum Gasteiger partial charge on any atom is 0.315 e. The summed E-state index contributed by atoms with van der Waals surface area (Å²) in [5.74, 6) is -2.19. The van der Waals surface area contributed by atoms with Crippen molar-refractivity contribution in [1.82, 2.24) is 20.9 Å². The highest BCUT2D eigenvalue weighted by molar-refractivity contribution is 6.37. The van der Waals surface area contributed by atoms with Crippen LogP contribution in [0.15, 0.2) is 0 Å². The SMILES string of the molecule is CC(C)(C)NC(=O)N[C@H](C(=O)N1CC2[C@@H]([C@H]1C(=O)NC(CC1CC1)C(=O)C(N)=O)C2(C)C)C1(C)CC1. The number of hydrogen-bond acceptors (Lipinski definition) is 5. The lowest BCUT2D eigenvalue weighted by molar-refractivity contribution is -0.144. The van der Waals surface area contributed by atoms with Crippen LogP contribution in [-0.2, 0) is 19.2 Å². The molecule has 5 amide bonds. The minimum Gasteiger partial charge on any atom is -0.363 e. The van der Waals surface area contributed by atoms with Crippen LogP contribution in [0.25, 0.3) is 0 Å². The Morgan fingerprint density at radius 3 is 2.14 bits per heavy atom. The Morgan fingerprint density at radius 2 is 1.64 bits per heavy atom. The van der Waals surface area contributed by atoms with E-state index in [2.05, 4.69) is 29.8 Å². The first-order chi connectivity index (χ1) is 16.5. The molecule has 4 rings (SSSR count). The number of likely N-dealkylation sites (tertiary alicyclic amines) is 1. The molecule has 10 heteroatoms. The fraction of sp³-hybridized carbons (Fsp3) is 0.808. The maximum atomic E-state index is 13.9. The molecule has 5 N–H and O–H groups in total. The molecule has 36 heavy (non-hydrogen) atoms. The van der Waals surface area contributed by atoms with Crippen LogP contribution in [0, 0.1) is 28.6 Å². The largest absolute Gasteiger partial charge is 0.363 e. The van der Waals surface area contributed by atoms with Gasteiger partial charge in [-0.05, 0) is 68.6 Å². The molecule has 1 heterocycles. The summed E-state index contributed by atoms with van der Waals surface area (Å²) in [6.45, 7) is 12.1. The molecule has 200 valence electrons. The highest BCUT2D eigenvalue weighted by atomic mass is 16.2. The normalized spacial score (nSPS) is 28.8. The standard InChI is InChI=1S/C26H41N5O5/c1-24(2,3)30-23(36)29-19(26(6)9-10-26)22(35)31-12-14-16(25(14,4)5)17(31)21(34)28-15(11-13-7-8-13)18(32)20(27)33/h13-17,19H,7-12H2,1-6H3,(H2,27,33)(H,28,34)(H2,29,30,36)/t14?,15?,16-,17-,19+/m0/s1. The highest BCUT2D eigenvalue weighted by Crippen LogP contribution is 2.65. The molecule has 1 saturated heterocycles. The summed E-state index contributed by atoms with van der Waals surface area (Å²) in [5.41, 5.74) is 4.30. The topological polar surface area (TPSA) is 151 Å². The molecular formula is C26H41N5O5. The van der Waals surface area contributed by atoms with Crippen LogP contribution in [0.4, 0.5) is 4.79 Å². The van der Waals surface area contributed by atoms with Gasteiger partial charge in [-0.2, -0.15) is 0 Å². The predicted molar refractivity (Wildman–Crippen MR) is 132 cm³/mol. The number of ketones is 1. The number of nitrogens with zero attached hydrogens (tertiary/aromatic N) is 1. The van der Waals surface area contributed by atoms with E-state index in [1.807, 2.05) is 27.7 Å². The zero-order valence-corrected chi connectivity index (χ0v) is 22.3. The molecule has 0 aromatic carbocycles. The molecule has 1 aliphatic heterocycles. The summed E-state index contributed by atoms with van der Waals surface area (Å²) >= 11 is 0. The third kappa shape index (κ3) is 5.22. The van der Waals surface area contributed by atoms with Crippen molar-refractivity contribution in [3.63, 3.8) is 0 Å². The van der Waals surface area contributed by atoms with Crippen molar-refractivity contribution in [2.75, 3.05) is 6.54 Å². The van der Waals surface area contributed by atoms with Crippen molar-refractivity contribution in [2.24, 2.45) is 34.3 Å². The zero-order chi connectivity index (χ0) is 26.8. The Bertz CT molecular complexity index is 978. The van der Waals surface area contributed by atoms with Crippen LogP contribution >= 0.6 is 0 Å². The van der Waals surface area contributed by atoms with Crippen molar-refractivity contribution in [1.29, 1.82) is 0 Å². The van der Waals surface area contributed by atoms with Crippen LogP contribution in [-0.4, -0.2) is 64.6 Å². The van der Waals surface area contributed by atoms with Crippen LogP contribution < -0.4 is 21.7 Å². The summed E-state index contributed by atoms with van der Waals surface area (Å²) in [4.78, 5) is 65.9. The first-order valence-corrected chi connectivity index (χ1v) is 13.1. The third-order valence-corrected chi connectivity index (χ3v) is 8.65. The lowest BCUT2D eigenvalue weighted by Gasteiger charge is -2.36. The summed E-state index contributed by atoms with van der Waals surface area (Å²) < 4.78 is 0. The van der Waals surface area contributed by atoms with Gasteiger partial charge in [0.2, 0.25) is 17.6 Å². The fourth-order valence-corrected chi connectivity index (χ4v) is 5.85. The van der Waals surface area contributed by atoms with E-state index in [0.29, 0.717) is 13.0 Å². The molecule has 2 unspecified atom stereocenters. The summed E-state index contributed by atoms with van der Waals surface area (Å²) in [7, 11) is 0. The number of amides is 5. The molecule has 0 aromatic heterocycles. The van der Waals surface area contributed by atoms with Crippen molar-refractivity contribution in [3.8, 4) is 0 Å². The minimum atomic E-state index is -1.07. The molecule has 0 spiro atoms. The van der Waals surface area contributed by atoms with E-state index in [-0.39, 0.29) is 34.5 Å². The monoisotopic (exact) mass is 503 g/mol. The maximum absolute atomic E-state index is 13.9. The van der Waals surface area contributed by atoms with Gasteiger partial charge in [-0.15, -0.1) is 0 Å². The predicted octanol–water partition coefficient (Wildman–Crippen LogP) is 1.08. The van der Waals surface area contributed by atoms with Crippen molar-refractivity contribution >= 4 is 29.5 Å². The molecular weight excluding hydrogens is 462 g/mol. The number of fused-ring (bicyclic) bond motifs is 1. The number of hydrogen-bond donors (Lipinski definition) is 4. The molecule has 10 nitrogen and oxygen atoms in total. The first-order valence-electron chi connectivity index (χ1n) is 13.1. The molecule has 5 atom stereocenters. The van der Waals surface area contributed by atoms with Gasteiger partial charge in [-0.25, -0.2) is 4.79 Å². The van der Waals surface area contributed by atoms with Gasteiger partial charge in [0.15, 0.2) is 0 Å². The van der Waals surface area contributed by atoms with Gasteiger partial charge in [0.1, 0.15) is 12.1 Å². The molecule has 4 aliphatic rings. The van der Waals surface area contributed by atoms with Gasteiger partial charge in [-0.1, -0.05) is 33.6 Å². The molecule has 0 aromatic rings. The number of nitrogens with one attached hydrogen (secondary N) is 3. The molecule has 3 aliphatic carbocycles. The smallest absolute Gasteiger partial charge is 0.315 e. The van der Waals surface area contributed by atoms with E-state index in [4.69, 9.17) is 5.73 Å². The molecule has 0 bridgehead atoms. The number of carbonyl (C=O) groups is 5. The second kappa shape index (κ2) is 8.73. The van der Waals surface area contributed by atoms with E-state index >= 15 is 0 Å². The summed E-state index contributed by atoms with van der Waals surface area (Å²) in [6.07, 6.45) is 3.89. The average Bonchev–Trinajstić information content (AvgIpc) is 3.70. The van der Waals surface area contributed by atoms with Crippen LogP contribution in [0.1, 0.15) is 73.6 Å². The van der Waals surface area contributed by atoms with Crippen LogP contribution in [0.3, 0.4) is 0 Å². The summed E-state index contributed by atoms with van der Waals surface area (Å²) in [6, 6.07) is -2.92. The van der Waals surface area contributed by atoms with Gasteiger partial charge >= 0.3 is 6.03 Å². The van der Waals surface area contributed by atoms with Gasteiger partial charge < -0.3 is 26.6 Å². The Kier molecular flexibility index (Phi) is 6.41. The number of urea groups is 1. The Balaban J connectivity index is 1.54. The number of nitrogens with two attached hydrogens (primary N) is 1. The minimum absolute atomic E-state index is 0.0530. The zero-order valence-electron chi connectivity index (χ0n) is 22.3. The number of carbonyl (C=O) groups excluding carboxylic acids is 5. The van der Waals surface area contributed by atoms with E-state index < -0.39 is 47.3 Å². The van der Waals surface area contributed by atoms with Crippen molar-refractivity contribution in [3.05, 3.63) is 0 Å². The van der Waals surface area contributed by atoms with Gasteiger partial charge in [0.25, 0.3) is 5.91 Å². The molecule has 0 radical (unpaired) electrons. The number of rotatable bonds is 9. The lowest BCUT2D eigenvalue weighted by atomic mass is 9.94. The number of Topliss-reactive ketones (excluding diaryl/α,β-unsaturated/α-hetero) is 1.